The van der Waals surface area contributed by atoms with Crippen molar-refractivity contribution < 1.29 is 8.81 Å². The lowest BCUT2D eigenvalue weighted by atomic mass is 10.1. The van der Waals surface area contributed by atoms with Gasteiger partial charge >= 0.3 is 6.01 Å². The van der Waals surface area contributed by atoms with Crippen LogP contribution in [0.3, 0.4) is 0 Å². The fourth-order valence-corrected chi connectivity index (χ4v) is 1.34. The normalized spacial score (nSPS) is 10.9. The number of anilines is 1. The molecule has 0 saturated carbocycles. The van der Waals surface area contributed by atoms with Gasteiger partial charge in [0, 0.05) is 5.54 Å². The van der Waals surface area contributed by atoms with Crippen molar-refractivity contribution in [2.45, 2.75) is 26.3 Å². The Morgan fingerprint density at radius 3 is 2.44 bits per heavy atom. The molecule has 0 saturated heterocycles. The van der Waals surface area contributed by atoms with E-state index in [1.165, 1.54) is 6.07 Å². The zero-order valence-electron chi connectivity index (χ0n) is 10.4. The van der Waals surface area contributed by atoms with E-state index in [0.29, 0.717) is 5.56 Å². The Kier molecular flexibility index (Phi) is 4.29. The minimum absolute atomic E-state index is 0. The fourth-order valence-electron chi connectivity index (χ4n) is 1.34. The highest BCUT2D eigenvalue weighted by Gasteiger charge is 2.16. The average Bonchev–Trinajstić information content (AvgIpc) is 2.64. The van der Waals surface area contributed by atoms with E-state index in [9.17, 15) is 4.39 Å². The van der Waals surface area contributed by atoms with Crippen LogP contribution in [-0.2, 0) is 0 Å². The second-order valence-electron chi connectivity index (χ2n) is 4.77. The summed E-state index contributed by atoms with van der Waals surface area (Å²) in [6.07, 6.45) is 0. The monoisotopic (exact) mass is 271 g/mol. The lowest BCUT2D eigenvalue weighted by Gasteiger charge is -2.17. The van der Waals surface area contributed by atoms with Crippen molar-refractivity contribution >= 4 is 18.4 Å². The predicted octanol–water partition coefficient (Wildman–Crippen LogP) is 3.51. The Bertz CT molecular complexity index is 522. The van der Waals surface area contributed by atoms with Crippen LogP contribution in [0.5, 0.6) is 0 Å². The molecule has 0 atom stereocenters. The molecule has 18 heavy (non-hydrogen) atoms. The summed E-state index contributed by atoms with van der Waals surface area (Å²) in [4.78, 5) is 0. The van der Waals surface area contributed by atoms with Gasteiger partial charge in [-0.25, -0.2) is 4.39 Å². The molecule has 0 aliphatic rings. The number of halogens is 2. The van der Waals surface area contributed by atoms with Gasteiger partial charge in [0.1, 0.15) is 5.82 Å². The SMILES string of the molecule is CC(C)(C)Nc1nnc(-c2ccccc2F)o1.Cl. The first-order valence-electron chi connectivity index (χ1n) is 5.32. The van der Waals surface area contributed by atoms with Gasteiger partial charge in [-0.3, -0.25) is 0 Å². The van der Waals surface area contributed by atoms with Crippen molar-refractivity contribution in [3.8, 4) is 11.5 Å². The van der Waals surface area contributed by atoms with Crippen LogP contribution >= 0.6 is 12.4 Å². The van der Waals surface area contributed by atoms with Gasteiger partial charge in [0.05, 0.1) is 5.56 Å². The molecule has 1 aromatic carbocycles. The maximum atomic E-state index is 13.5. The average molecular weight is 272 g/mol. The van der Waals surface area contributed by atoms with E-state index in [4.69, 9.17) is 4.42 Å². The standard InChI is InChI=1S/C12H14FN3O.ClH/c1-12(2,3)14-11-16-15-10(17-11)8-6-4-5-7-9(8)13;/h4-7H,1-3H3,(H,14,16);1H. The third kappa shape index (κ3) is 3.43. The van der Waals surface area contributed by atoms with E-state index in [-0.39, 0.29) is 35.7 Å². The summed E-state index contributed by atoms with van der Waals surface area (Å²) in [5.74, 6) is -0.201. The van der Waals surface area contributed by atoms with Gasteiger partial charge in [-0.05, 0) is 32.9 Å². The number of nitrogens with one attached hydrogen (secondary N) is 1. The Hall–Kier alpha value is -1.62. The van der Waals surface area contributed by atoms with Gasteiger partial charge in [0.25, 0.3) is 5.89 Å². The summed E-state index contributed by atoms with van der Waals surface area (Å²) in [7, 11) is 0. The van der Waals surface area contributed by atoms with Crippen LogP contribution in [-0.4, -0.2) is 15.7 Å². The van der Waals surface area contributed by atoms with E-state index in [0.717, 1.165) is 0 Å². The largest absolute Gasteiger partial charge is 0.403 e. The molecule has 0 aliphatic carbocycles. The molecule has 2 aromatic rings. The first kappa shape index (κ1) is 14.4. The van der Waals surface area contributed by atoms with E-state index >= 15 is 0 Å². The van der Waals surface area contributed by atoms with Crippen molar-refractivity contribution in [2.75, 3.05) is 5.32 Å². The lowest BCUT2D eigenvalue weighted by Crippen LogP contribution is -2.26. The van der Waals surface area contributed by atoms with Crippen LogP contribution in [0.1, 0.15) is 20.8 Å². The minimum atomic E-state index is -0.376. The highest BCUT2D eigenvalue weighted by atomic mass is 35.5. The summed E-state index contributed by atoms with van der Waals surface area (Å²) in [6.45, 7) is 5.92. The maximum absolute atomic E-state index is 13.5. The van der Waals surface area contributed by atoms with Crippen molar-refractivity contribution in [2.24, 2.45) is 0 Å². The second-order valence-corrected chi connectivity index (χ2v) is 4.77. The molecule has 1 N–H and O–H groups in total. The van der Waals surface area contributed by atoms with E-state index in [1.807, 2.05) is 20.8 Å². The summed E-state index contributed by atoms with van der Waals surface area (Å²) in [5.41, 5.74) is 0.126. The molecule has 4 nitrogen and oxygen atoms in total. The first-order chi connectivity index (χ1) is 7.96. The van der Waals surface area contributed by atoms with Gasteiger partial charge in [0.2, 0.25) is 0 Å². The molecule has 0 radical (unpaired) electrons. The molecule has 0 bridgehead atoms. The Labute approximate surface area is 111 Å². The molecule has 1 aromatic heterocycles. The van der Waals surface area contributed by atoms with E-state index < -0.39 is 0 Å². The molecule has 0 fully saturated rings. The van der Waals surface area contributed by atoms with Crippen molar-refractivity contribution in [3.05, 3.63) is 30.1 Å². The minimum Gasteiger partial charge on any atom is -0.403 e. The molecule has 0 amide bonds. The van der Waals surface area contributed by atoms with Crippen LogP contribution < -0.4 is 5.32 Å². The van der Waals surface area contributed by atoms with Gasteiger partial charge in [-0.2, -0.15) is 0 Å². The van der Waals surface area contributed by atoms with Crippen LogP contribution in [0.25, 0.3) is 11.5 Å². The molecule has 6 heteroatoms. The smallest absolute Gasteiger partial charge is 0.316 e. The predicted molar refractivity (Wildman–Crippen MR) is 70.3 cm³/mol. The summed E-state index contributed by atoms with van der Waals surface area (Å²) in [5, 5.41) is 10.7. The molecule has 0 unspecified atom stereocenters. The Morgan fingerprint density at radius 1 is 1.17 bits per heavy atom. The molecule has 98 valence electrons. The molecule has 0 spiro atoms. The van der Waals surface area contributed by atoms with Crippen LogP contribution in [0.15, 0.2) is 28.7 Å². The zero-order valence-corrected chi connectivity index (χ0v) is 11.2. The number of hydrogen-bond acceptors (Lipinski definition) is 4. The third-order valence-electron chi connectivity index (χ3n) is 2.01. The summed E-state index contributed by atoms with van der Waals surface area (Å²) < 4.78 is 18.8. The van der Waals surface area contributed by atoms with E-state index in [1.54, 1.807) is 18.2 Å². The molecule has 2 rings (SSSR count). The van der Waals surface area contributed by atoms with Crippen molar-refractivity contribution in [1.29, 1.82) is 0 Å². The number of nitrogens with zero attached hydrogens (tertiary/aromatic N) is 2. The first-order valence-corrected chi connectivity index (χ1v) is 5.32. The van der Waals surface area contributed by atoms with Crippen LogP contribution in [0, 0.1) is 5.82 Å². The molecule has 0 aliphatic heterocycles. The molecular formula is C12H15ClFN3O. The highest BCUT2D eigenvalue weighted by Crippen LogP contribution is 2.23. The third-order valence-corrected chi connectivity index (χ3v) is 2.01. The van der Waals surface area contributed by atoms with Gasteiger partial charge in [-0.15, -0.1) is 17.5 Å². The topological polar surface area (TPSA) is 51.0 Å². The van der Waals surface area contributed by atoms with Gasteiger partial charge in [-0.1, -0.05) is 17.2 Å². The van der Waals surface area contributed by atoms with Crippen molar-refractivity contribution in [3.63, 3.8) is 0 Å². The van der Waals surface area contributed by atoms with Gasteiger partial charge < -0.3 is 9.73 Å². The van der Waals surface area contributed by atoms with Crippen LogP contribution in [0.2, 0.25) is 0 Å². The number of benzene rings is 1. The number of rotatable bonds is 2. The molecule has 1 heterocycles. The second kappa shape index (κ2) is 5.35. The quantitative estimate of drug-likeness (QED) is 0.908. The number of aromatic nitrogens is 2. The lowest BCUT2D eigenvalue weighted by molar-refractivity contribution is 0.534. The van der Waals surface area contributed by atoms with Crippen molar-refractivity contribution in [1.82, 2.24) is 10.2 Å². The summed E-state index contributed by atoms with van der Waals surface area (Å²) >= 11 is 0. The highest BCUT2D eigenvalue weighted by molar-refractivity contribution is 5.85. The van der Waals surface area contributed by atoms with Crippen LogP contribution in [0.4, 0.5) is 10.4 Å². The zero-order chi connectivity index (χ0) is 12.5. The van der Waals surface area contributed by atoms with E-state index in [2.05, 4.69) is 15.5 Å². The summed E-state index contributed by atoms with van der Waals surface area (Å²) in [6, 6.07) is 6.58. The maximum Gasteiger partial charge on any atom is 0.316 e. The Morgan fingerprint density at radius 2 is 1.83 bits per heavy atom. The Balaban J connectivity index is 0.00000162. The fraction of sp³-hybridized carbons (Fsp3) is 0.333. The van der Waals surface area contributed by atoms with Gasteiger partial charge in [0.15, 0.2) is 0 Å². The number of hydrogen-bond donors (Lipinski definition) is 1. The molecular weight excluding hydrogens is 257 g/mol.